The molecule has 2 N–H and O–H groups in total. The van der Waals surface area contributed by atoms with E-state index in [4.69, 9.17) is 4.74 Å². The predicted octanol–water partition coefficient (Wildman–Crippen LogP) is 3.61. The van der Waals surface area contributed by atoms with Gasteiger partial charge in [-0.1, -0.05) is 41.6 Å². The molecule has 4 aromatic rings. The van der Waals surface area contributed by atoms with Crippen molar-refractivity contribution < 1.29 is 9.26 Å². The summed E-state index contributed by atoms with van der Waals surface area (Å²) in [6.45, 7) is 4.71. The average molecular weight is 445 g/mol. The molecule has 0 aliphatic carbocycles. The Kier molecular flexibility index (Phi) is 6.49. The Morgan fingerprint density at radius 2 is 1.91 bits per heavy atom. The van der Waals surface area contributed by atoms with E-state index in [1.807, 2.05) is 56.3 Å². The lowest BCUT2D eigenvalue weighted by molar-refractivity contribution is 0.234. The van der Waals surface area contributed by atoms with E-state index in [-0.39, 0.29) is 5.56 Å². The van der Waals surface area contributed by atoms with Gasteiger partial charge in [0.25, 0.3) is 5.56 Å². The van der Waals surface area contributed by atoms with Crippen molar-refractivity contribution in [1.82, 2.24) is 19.9 Å². The number of nitrogens with one attached hydrogen (secondary N) is 2. The van der Waals surface area contributed by atoms with Crippen molar-refractivity contribution in [3.8, 4) is 22.6 Å². The number of allylic oxidation sites excluding steroid dienone is 1. The highest BCUT2D eigenvalue weighted by molar-refractivity contribution is 5.64. The smallest absolute Gasteiger partial charge is 0.439 e. The largest absolute Gasteiger partial charge is 0.479 e. The summed E-state index contributed by atoms with van der Waals surface area (Å²) in [5.41, 5.74) is 3.76. The molecule has 4 rings (SSSR count). The SMILES string of the molecule is C/C=C(\Nc1cccc(Cn2nc(-c3ccc(-c4noc(=O)[nH]4)cc3)ccc2=O)c1)OCC. The van der Waals surface area contributed by atoms with Gasteiger partial charge in [0.1, 0.15) is 0 Å². The molecule has 0 unspecified atom stereocenters. The average Bonchev–Trinajstić information content (AvgIpc) is 3.27. The number of benzene rings is 2. The van der Waals surface area contributed by atoms with Gasteiger partial charge in [0.05, 0.1) is 18.8 Å². The van der Waals surface area contributed by atoms with Crippen LogP contribution in [-0.4, -0.2) is 26.5 Å². The molecule has 33 heavy (non-hydrogen) atoms. The summed E-state index contributed by atoms with van der Waals surface area (Å²) >= 11 is 0. The molecule has 0 saturated carbocycles. The number of ether oxygens (including phenoxy) is 1. The van der Waals surface area contributed by atoms with Crippen molar-refractivity contribution in [2.45, 2.75) is 20.4 Å². The van der Waals surface area contributed by atoms with Gasteiger partial charge in [0.15, 0.2) is 11.7 Å². The summed E-state index contributed by atoms with van der Waals surface area (Å²) in [5, 5.41) is 11.4. The van der Waals surface area contributed by atoms with Crippen LogP contribution in [0.25, 0.3) is 22.6 Å². The molecule has 9 nitrogen and oxygen atoms in total. The van der Waals surface area contributed by atoms with Crippen LogP contribution in [0.5, 0.6) is 0 Å². The third-order valence-corrected chi connectivity index (χ3v) is 4.85. The Bertz CT molecular complexity index is 1380. The van der Waals surface area contributed by atoms with Gasteiger partial charge in [0.2, 0.25) is 0 Å². The second-order valence-corrected chi connectivity index (χ2v) is 7.15. The lowest BCUT2D eigenvalue weighted by Gasteiger charge is -2.12. The fourth-order valence-electron chi connectivity index (χ4n) is 3.28. The van der Waals surface area contributed by atoms with Crippen LogP contribution >= 0.6 is 0 Å². The molecule has 0 aliphatic heterocycles. The molecule has 9 heteroatoms. The summed E-state index contributed by atoms with van der Waals surface area (Å²) in [6, 6.07) is 18.2. The standard InChI is InChI=1S/C24H23N5O4/c1-3-21(32-4-2)25-19-7-5-6-16(14-19)15-29-22(30)13-12-20(27-29)17-8-10-18(11-9-17)23-26-24(31)33-28-23/h3,5-14,25H,4,15H2,1-2H3,(H,26,28,31)/b21-3+. The third kappa shape index (κ3) is 5.27. The number of aromatic nitrogens is 4. The van der Waals surface area contributed by atoms with Gasteiger partial charge in [-0.2, -0.15) is 5.10 Å². The predicted molar refractivity (Wildman–Crippen MR) is 125 cm³/mol. The molecule has 2 heterocycles. The normalized spacial score (nSPS) is 11.4. The molecular weight excluding hydrogens is 422 g/mol. The first-order valence-electron chi connectivity index (χ1n) is 10.5. The molecule has 0 fully saturated rings. The zero-order chi connectivity index (χ0) is 23.2. The third-order valence-electron chi connectivity index (χ3n) is 4.85. The van der Waals surface area contributed by atoms with Gasteiger partial charge >= 0.3 is 5.76 Å². The van der Waals surface area contributed by atoms with Crippen LogP contribution in [0.2, 0.25) is 0 Å². The maximum Gasteiger partial charge on any atom is 0.439 e. The molecule has 2 aromatic carbocycles. The van der Waals surface area contributed by atoms with E-state index in [1.54, 1.807) is 18.2 Å². The Hall–Kier alpha value is -4.40. The Morgan fingerprint density at radius 3 is 2.61 bits per heavy atom. The quantitative estimate of drug-likeness (QED) is 0.398. The van der Waals surface area contributed by atoms with Gasteiger partial charge in [-0.3, -0.25) is 14.3 Å². The molecule has 0 bridgehead atoms. The Morgan fingerprint density at radius 1 is 1.12 bits per heavy atom. The van der Waals surface area contributed by atoms with Gasteiger partial charge in [0, 0.05) is 22.9 Å². The molecule has 0 atom stereocenters. The molecule has 2 aromatic heterocycles. The number of hydrogen-bond acceptors (Lipinski definition) is 7. The van der Waals surface area contributed by atoms with Crippen molar-refractivity contribution >= 4 is 5.69 Å². The van der Waals surface area contributed by atoms with E-state index in [1.165, 1.54) is 10.7 Å². The van der Waals surface area contributed by atoms with E-state index in [9.17, 15) is 9.59 Å². The van der Waals surface area contributed by atoms with E-state index < -0.39 is 5.76 Å². The molecular formula is C24H23N5O4. The highest BCUT2D eigenvalue weighted by atomic mass is 16.5. The van der Waals surface area contributed by atoms with E-state index in [2.05, 4.69) is 25.1 Å². The summed E-state index contributed by atoms with van der Waals surface area (Å²) in [6.07, 6.45) is 1.86. The molecule has 0 spiro atoms. The fraction of sp³-hybridized carbons (Fsp3) is 0.167. The van der Waals surface area contributed by atoms with Crippen molar-refractivity contribution in [1.29, 1.82) is 0 Å². The number of rotatable bonds is 8. The highest BCUT2D eigenvalue weighted by Gasteiger charge is 2.08. The molecule has 0 saturated heterocycles. The monoisotopic (exact) mass is 445 g/mol. The second kappa shape index (κ2) is 9.82. The van der Waals surface area contributed by atoms with Gasteiger partial charge in [-0.05, 0) is 43.7 Å². The molecule has 0 aliphatic rings. The minimum absolute atomic E-state index is 0.197. The second-order valence-electron chi connectivity index (χ2n) is 7.15. The highest BCUT2D eigenvalue weighted by Crippen LogP contribution is 2.21. The van der Waals surface area contributed by atoms with E-state index in [0.29, 0.717) is 36.1 Å². The minimum Gasteiger partial charge on any atom is -0.479 e. The topological polar surface area (TPSA) is 115 Å². The number of hydrogen-bond donors (Lipinski definition) is 2. The van der Waals surface area contributed by atoms with Crippen LogP contribution in [-0.2, 0) is 11.3 Å². The molecule has 0 radical (unpaired) electrons. The first-order chi connectivity index (χ1) is 16.1. The summed E-state index contributed by atoms with van der Waals surface area (Å²) < 4.78 is 11.5. The van der Waals surface area contributed by atoms with Crippen LogP contribution in [0.4, 0.5) is 5.69 Å². The van der Waals surface area contributed by atoms with Crippen LogP contribution in [0, 0.1) is 0 Å². The number of anilines is 1. The number of nitrogens with zero attached hydrogens (tertiary/aromatic N) is 3. The first-order valence-corrected chi connectivity index (χ1v) is 10.5. The molecule has 168 valence electrons. The zero-order valence-corrected chi connectivity index (χ0v) is 18.2. The van der Waals surface area contributed by atoms with Gasteiger partial charge < -0.3 is 10.1 Å². The van der Waals surface area contributed by atoms with E-state index >= 15 is 0 Å². The maximum atomic E-state index is 12.4. The lowest BCUT2D eigenvalue weighted by Crippen LogP contribution is -2.22. The van der Waals surface area contributed by atoms with Crippen LogP contribution in [0.15, 0.2) is 86.7 Å². The Balaban J connectivity index is 1.55. The van der Waals surface area contributed by atoms with Crippen LogP contribution in [0.3, 0.4) is 0 Å². The lowest BCUT2D eigenvalue weighted by atomic mass is 10.1. The van der Waals surface area contributed by atoms with Crippen LogP contribution in [0.1, 0.15) is 19.4 Å². The van der Waals surface area contributed by atoms with Crippen LogP contribution < -0.4 is 16.6 Å². The van der Waals surface area contributed by atoms with Crippen molar-refractivity contribution in [2.75, 3.05) is 11.9 Å². The number of H-pyrrole nitrogens is 1. The summed E-state index contributed by atoms with van der Waals surface area (Å²) in [5.74, 6) is 0.412. The van der Waals surface area contributed by atoms with Crippen molar-refractivity contribution in [3.63, 3.8) is 0 Å². The zero-order valence-electron chi connectivity index (χ0n) is 18.2. The van der Waals surface area contributed by atoms with Crippen molar-refractivity contribution in [3.05, 3.63) is 99.1 Å². The molecule has 0 amide bonds. The first kappa shape index (κ1) is 21.8. The fourth-order valence-corrected chi connectivity index (χ4v) is 3.28. The van der Waals surface area contributed by atoms with E-state index in [0.717, 1.165) is 16.8 Å². The Labute approximate surface area is 189 Å². The number of aromatic amines is 1. The minimum atomic E-state index is -0.609. The van der Waals surface area contributed by atoms with Gasteiger partial charge in [-0.15, -0.1) is 0 Å². The van der Waals surface area contributed by atoms with Crippen molar-refractivity contribution in [2.24, 2.45) is 0 Å². The summed E-state index contributed by atoms with van der Waals surface area (Å²) in [7, 11) is 0. The van der Waals surface area contributed by atoms with Gasteiger partial charge in [-0.25, -0.2) is 9.48 Å². The summed E-state index contributed by atoms with van der Waals surface area (Å²) in [4.78, 5) is 26.1. The maximum absolute atomic E-state index is 12.4.